The van der Waals surface area contributed by atoms with E-state index in [1.165, 1.54) is 19.3 Å². The van der Waals surface area contributed by atoms with Crippen molar-refractivity contribution in [3.8, 4) is 0 Å². The number of alkyl halides is 1. The molecule has 0 bridgehead atoms. The Kier molecular flexibility index (Phi) is 2.33. The Morgan fingerprint density at radius 3 is 2.50 bits per heavy atom. The molecule has 0 radical (unpaired) electrons. The van der Waals surface area contributed by atoms with Gasteiger partial charge >= 0.3 is 0 Å². The first-order chi connectivity index (χ1) is 5.75. The van der Waals surface area contributed by atoms with Crippen molar-refractivity contribution in [1.82, 2.24) is 4.90 Å². The Bertz CT molecular complexity index is 149. The zero-order valence-electron chi connectivity index (χ0n) is 7.38. The SMILES string of the molecule is N[C@@H]1C[C@@H](F)CN(C2CCC2)C1. The summed E-state index contributed by atoms with van der Waals surface area (Å²) in [5, 5.41) is 0. The van der Waals surface area contributed by atoms with Crippen molar-refractivity contribution in [2.45, 2.75) is 43.9 Å². The molecule has 1 saturated heterocycles. The molecule has 2 nitrogen and oxygen atoms in total. The second-order valence-electron chi connectivity index (χ2n) is 4.13. The highest BCUT2D eigenvalue weighted by Gasteiger charge is 2.32. The average Bonchev–Trinajstić information content (AvgIpc) is 1.79. The molecule has 1 saturated carbocycles. The van der Waals surface area contributed by atoms with Crippen LogP contribution in [0.2, 0.25) is 0 Å². The molecule has 2 aliphatic rings. The van der Waals surface area contributed by atoms with Gasteiger partial charge in [0.05, 0.1) is 0 Å². The van der Waals surface area contributed by atoms with E-state index in [0.29, 0.717) is 19.0 Å². The molecule has 12 heavy (non-hydrogen) atoms. The predicted octanol–water partition coefficient (Wildman–Crippen LogP) is 0.910. The number of piperidine rings is 1. The quantitative estimate of drug-likeness (QED) is 0.637. The van der Waals surface area contributed by atoms with Gasteiger partial charge in [-0.05, 0) is 19.3 Å². The third-order valence-corrected chi connectivity index (χ3v) is 3.05. The molecule has 0 aromatic carbocycles. The van der Waals surface area contributed by atoms with Gasteiger partial charge in [0, 0.05) is 25.2 Å². The number of hydrogen-bond donors (Lipinski definition) is 1. The summed E-state index contributed by atoms with van der Waals surface area (Å²) in [4.78, 5) is 2.24. The van der Waals surface area contributed by atoms with Crippen LogP contribution in [-0.4, -0.2) is 36.2 Å². The number of likely N-dealkylation sites (tertiary alicyclic amines) is 1. The minimum absolute atomic E-state index is 0.0642. The Hall–Kier alpha value is -0.150. The van der Waals surface area contributed by atoms with Crippen molar-refractivity contribution < 1.29 is 4.39 Å². The molecule has 0 amide bonds. The smallest absolute Gasteiger partial charge is 0.114 e. The van der Waals surface area contributed by atoms with Crippen molar-refractivity contribution in [3.05, 3.63) is 0 Å². The van der Waals surface area contributed by atoms with Gasteiger partial charge in [-0.2, -0.15) is 0 Å². The third kappa shape index (κ3) is 1.62. The lowest BCUT2D eigenvalue weighted by molar-refractivity contribution is 0.0523. The lowest BCUT2D eigenvalue weighted by Crippen LogP contribution is -2.53. The highest BCUT2D eigenvalue weighted by Crippen LogP contribution is 2.27. The van der Waals surface area contributed by atoms with Crippen molar-refractivity contribution >= 4 is 0 Å². The lowest BCUT2D eigenvalue weighted by Gasteiger charge is -2.42. The lowest BCUT2D eigenvalue weighted by atomic mass is 9.89. The van der Waals surface area contributed by atoms with Crippen LogP contribution in [0.5, 0.6) is 0 Å². The molecule has 1 aliphatic heterocycles. The fraction of sp³-hybridized carbons (Fsp3) is 1.00. The van der Waals surface area contributed by atoms with Gasteiger partial charge in [-0.15, -0.1) is 0 Å². The summed E-state index contributed by atoms with van der Waals surface area (Å²) in [5.41, 5.74) is 5.75. The van der Waals surface area contributed by atoms with Crippen LogP contribution >= 0.6 is 0 Å². The maximum absolute atomic E-state index is 13.1. The van der Waals surface area contributed by atoms with E-state index < -0.39 is 6.17 Å². The van der Waals surface area contributed by atoms with E-state index in [-0.39, 0.29) is 6.04 Å². The number of rotatable bonds is 1. The van der Waals surface area contributed by atoms with Gasteiger partial charge in [0.15, 0.2) is 0 Å². The Morgan fingerprint density at radius 2 is 2.00 bits per heavy atom. The first-order valence-corrected chi connectivity index (χ1v) is 4.89. The van der Waals surface area contributed by atoms with E-state index in [2.05, 4.69) is 4.90 Å². The highest BCUT2D eigenvalue weighted by molar-refractivity contribution is 4.88. The molecule has 0 aromatic heterocycles. The Morgan fingerprint density at radius 1 is 1.25 bits per heavy atom. The second-order valence-corrected chi connectivity index (χ2v) is 4.13. The summed E-state index contributed by atoms with van der Waals surface area (Å²) >= 11 is 0. The zero-order valence-corrected chi connectivity index (χ0v) is 7.38. The zero-order chi connectivity index (χ0) is 8.55. The van der Waals surface area contributed by atoms with Crippen LogP contribution in [0.25, 0.3) is 0 Å². The summed E-state index contributed by atoms with van der Waals surface area (Å²) in [7, 11) is 0. The van der Waals surface area contributed by atoms with Crippen LogP contribution in [0, 0.1) is 0 Å². The first kappa shape index (κ1) is 8.45. The number of hydrogen-bond acceptors (Lipinski definition) is 2. The second kappa shape index (κ2) is 3.30. The topological polar surface area (TPSA) is 29.3 Å². The summed E-state index contributed by atoms with van der Waals surface area (Å²) in [6, 6.07) is 0.712. The fourth-order valence-corrected chi connectivity index (χ4v) is 2.16. The molecule has 3 heteroatoms. The van der Waals surface area contributed by atoms with Crippen LogP contribution in [0.15, 0.2) is 0 Å². The van der Waals surface area contributed by atoms with E-state index in [0.717, 1.165) is 6.54 Å². The van der Waals surface area contributed by atoms with E-state index in [1.807, 2.05) is 0 Å². The number of halogens is 1. The minimum Gasteiger partial charge on any atom is -0.326 e. The molecular weight excluding hydrogens is 155 g/mol. The molecule has 2 N–H and O–H groups in total. The van der Waals surface area contributed by atoms with Gasteiger partial charge < -0.3 is 5.73 Å². The van der Waals surface area contributed by atoms with Gasteiger partial charge in [-0.25, -0.2) is 4.39 Å². The summed E-state index contributed by atoms with van der Waals surface area (Å²) < 4.78 is 13.1. The van der Waals surface area contributed by atoms with E-state index >= 15 is 0 Å². The Balaban J connectivity index is 1.87. The largest absolute Gasteiger partial charge is 0.326 e. The number of nitrogens with two attached hydrogens (primary N) is 1. The van der Waals surface area contributed by atoms with Crippen LogP contribution in [0.3, 0.4) is 0 Å². The normalized spacial score (nSPS) is 39.5. The molecule has 1 heterocycles. The summed E-state index contributed by atoms with van der Waals surface area (Å²) in [5.74, 6) is 0. The third-order valence-electron chi connectivity index (χ3n) is 3.05. The van der Waals surface area contributed by atoms with Crippen LogP contribution < -0.4 is 5.73 Å². The van der Waals surface area contributed by atoms with Gasteiger partial charge in [-0.3, -0.25) is 4.90 Å². The molecule has 0 aromatic rings. The maximum atomic E-state index is 13.1. The van der Waals surface area contributed by atoms with E-state index in [1.54, 1.807) is 0 Å². The van der Waals surface area contributed by atoms with Crippen molar-refractivity contribution in [3.63, 3.8) is 0 Å². The van der Waals surface area contributed by atoms with Gasteiger partial charge in [0.1, 0.15) is 6.17 Å². The van der Waals surface area contributed by atoms with Crippen molar-refractivity contribution in [2.24, 2.45) is 5.73 Å². The molecule has 0 unspecified atom stereocenters. The molecule has 1 aliphatic carbocycles. The molecule has 2 fully saturated rings. The fourth-order valence-electron chi connectivity index (χ4n) is 2.16. The van der Waals surface area contributed by atoms with Gasteiger partial charge in [0.25, 0.3) is 0 Å². The van der Waals surface area contributed by atoms with E-state index in [4.69, 9.17) is 5.73 Å². The molecule has 2 atom stereocenters. The van der Waals surface area contributed by atoms with Crippen LogP contribution in [0.4, 0.5) is 4.39 Å². The molecule has 0 spiro atoms. The monoisotopic (exact) mass is 172 g/mol. The molecule has 2 rings (SSSR count). The standard InChI is InChI=1S/C9H17FN2/c10-7-4-8(11)6-12(5-7)9-2-1-3-9/h7-9H,1-6,11H2/t7-,8-/m1/s1. The summed E-state index contributed by atoms with van der Waals surface area (Å²) in [6.45, 7) is 1.53. The van der Waals surface area contributed by atoms with Gasteiger partial charge in [0.2, 0.25) is 0 Å². The average molecular weight is 172 g/mol. The Labute approximate surface area is 72.9 Å². The maximum Gasteiger partial charge on any atom is 0.114 e. The predicted molar refractivity (Wildman–Crippen MR) is 46.7 cm³/mol. The number of nitrogens with zero attached hydrogens (tertiary/aromatic N) is 1. The van der Waals surface area contributed by atoms with Crippen molar-refractivity contribution in [2.75, 3.05) is 13.1 Å². The van der Waals surface area contributed by atoms with Crippen molar-refractivity contribution in [1.29, 1.82) is 0 Å². The molecular formula is C9H17FN2. The minimum atomic E-state index is -0.686. The van der Waals surface area contributed by atoms with E-state index in [9.17, 15) is 4.39 Å². The van der Waals surface area contributed by atoms with Crippen LogP contribution in [0.1, 0.15) is 25.7 Å². The van der Waals surface area contributed by atoms with Crippen LogP contribution in [-0.2, 0) is 0 Å². The summed E-state index contributed by atoms with van der Waals surface area (Å²) in [6.07, 6.45) is 3.68. The van der Waals surface area contributed by atoms with Gasteiger partial charge in [-0.1, -0.05) is 6.42 Å². The highest BCUT2D eigenvalue weighted by atomic mass is 19.1. The first-order valence-electron chi connectivity index (χ1n) is 4.89. The molecule has 70 valence electrons.